The maximum Gasteiger partial charge on any atom is 0.433 e. The highest BCUT2D eigenvalue weighted by Gasteiger charge is 2.46. The number of aliphatic hydroxyl groups excluding tert-OH is 4. The van der Waals surface area contributed by atoms with E-state index in [1.807, 2.05) is 6.92 Å². The lowest BCUT2D eigenvalue weighted by molar-refractivity contribution is -0.278. The third-order valence-electron chi connectivity index (χ3n) is 6.04. The number of ether oxygens (including phenoxy) is 2. The maximum absolute atomic E-state index is 14.4. The Bertz CT molecular complexity index is 1150. The van der Waals surface area contributed by atoms with Crippen molar-refractivity contribution in [1.29, 1.82) is 0 Å². The number of benzene rings is 2. The van der Waals surface area contributed by atoms with Crippen molar-refractivity contribution in [2.24, 2.45) is 0 Å². The lowest BCUT2D eigenvalue weighted by Crippen LogP contribution is -2.60. The second-order valence-electron chi connectivity index (χ2n) is 8.75. The molecule has 5 atom stereocenters. The van der Waals surface area contributed by atoms with Gasteiger partial charge in [-0.15, -0.1) is 5.10 Å². The molecule has 3 aromatic rings. The Morgan fingerprint density at radius 2 is 1.61 bits per heavy atom. The van der Waals surface area contributed by atoms with Gasteiger partial charge in [0.05, 0.1) is 18.7 Å². The molecule has 0 saturated carbocycles. The lowest BCUT2D eigenvalue weighted by Gasteiger charge is -2.39. The number of rotatable bonds is 7. The first-order valence-electron chi connectivity index (χ1n) is 11.3. The topological polar surface area (TPSA) is 117 Å². The lowest BCUT2D eigenvalue weighted by atomic mass is 9.99. The van der Waals surface area contributed by atoms with Gasteiger partial charge in [0, 0.05) is 6.42 Å². The molecule has 194 valence electrons. The largest absolute Gasteiger partial charge is 0.443 e. The summed E-state index contributed by atoms with van der Waals surface area (Å²) in [5, 5.41) is 44.0. The molecular formula is C25H27F3N2O6. The van der Waals surface area contributed by atoms with Gasteiger partial charge in [0.2, 0.25) is 12.2 Å². The van der Waals surface area contributed by atoms with Gasteiger partial charge in [0.25, 0.3) is 0 Å². The van der Waals surface area contributed by atoms with Gasteiger partial charge in [-0.2, -0.15) is 13.2 Å². The first-order valence-corrected chi connectivity index (χ1v) is 11.3. The summed E-state index contributed by atoms with van der Waals surface area (Å²) in [5.41, 5.74) is 0.786. The van der Waals surface area contributed by atoms with Crippen LogP contribution >= 0.6 is 0 Å². The van der Waals surface area contributed by atoms with Crippen LogP contribution in [0.4, 0.5) is 13.2 Å². The summed E-state index contributed by atoms with van der Waals surface area (Å²) >= 11 is 0. The molecule has 1 aliphatic rings. The van der Waals surface area contributed by atoms with Crippen molar-refractivity contribution in [3.05, 3.63) is 82.5 Å². The number of hydrogen-bond donors (Lipinski definition) is 4. The van der Waals surface area contributed by atoms with Crippen LogP contribution < -0.4 is 4.74 Å². The van der Waals surface area contributed by atoms with Gasteiger partial charge >= 0.3 is 6.18 Å². The van der Waals surface area contributed by atoms with E-state index in [2.05, 4.69) is 5.10 Å². The van der Waals surface area contributed by atoms with E-state index < -0.39 is 55.1 Å². The second-order valence-corrected chi connectivity index (χ2v) is 8.75. The molecule has 0 amide bonds. The Morgan fingerprint density at radius 3 is 2.22 bits per heavy atom. The Hall–Kier alpha value is -2.96. The summed E-state index contributed by atoms with van der Waals surface area (Å²) in [6, 6.07) is 15.4. The molecular weight excluding hydrogens is 481 g/mol. The minimum Gasteiger partial charge on any atom is -0.443 e. The van der Waals surface area contributed by atoms with E-state index >= 15 is 0 Å². The van der Waals surface area contributed by atoms with E-state index in [1.54, 1.807) is 54.6 Å². The summed E-state index contributed by atoms with van der Waals surface area (Å²) in [5.74, 6) is -0.442. The summed E-state index contributed by atoms with van der Waals surface area (Å²) < 4.78 is 54.9. The SMILES string of the molecule is Cc1ccc(Cc2c(O[C@@H]3O[C@H](CO)[C@@H](O)[C@H](O)[C@H]3O)nn(Cc3ccccc3)c2C(F)(F)F)cc1. The smallest absolute Gasteiger partial charge is 0.433 e. The zero-order chi connectivity index (χ0) is 26.0. The molecule has 11 heteroatoms. The number of aliphatic hydroxyl groups is 4. The Kier molecular flexibility index (Phi) is 7.67. The van der Waals surface area contributed by atoms with Crippen LogP contribution in [0, 0.1) is 6.92 Å². The van der Waals surface area contributed by atoms with Crippen LogP contribution in [0.1, 0.15) is 27.9 Å². The Balaban J connectivity index is 1.77. The van der Waals surface area contributed by atoms with Crippen LogP contribution in [-0.2, 0) is 23.9 Å². The number of hydrogen-bond acceptors (Lipinski definition) is 7. The molecule has 0 aliphatic carbocycles. The zero-order valence-electron chi connectivity index (χ0n) is 19.3. The van der Waals surface area contributed by atoms with Gasteiger partial charge in [-0.1, -0.05) is 60.2 Å². The van der Waals surface area contributed by atoms with E-state index in [0.717, 1.165) is 10.2 Å². The van der Waals surface area contributed by atoms with Crippen LogP contribution in [0.3, 0.4) is 0 Å². The molecule has 8 nitrogen and oxygen atoms in total. The van der Waals surface area contributed by atoms with Crippen molar-refractivity contribution in [3.63, 3.8) is 0 Å². The minimum absolute atomic E-state index is 0.184. The van der Waals surface area contributed by atoms with Gasteiger partial charge in [0.1, 0.15) is 30.1 Å². The van der Waals surface area contributed by atoms with Crippen molar-refractivity contribution in [2.45, 2.75) is 56.8 Å². The monoisotopic (exact) mass is 508 g/mol. The molecule has 0 bridgehead atoms. The van der Waals surface area contributed by atoms with E-state index in [0.29, 0.717) is 11.1 Å². The van der Waals surface area contributed by atoms with Gasteiger partial charge in [-0.05, 0) is 18.1 Å². The van der Waals surface area contributed by atoms with Crippen molar-refractivity contribution in [2.75, 3.05) is 6.61 Å². The molecule has 1 aliphatic heterocycles. The fourth-order valence-electron chi connectivity index (χ4n) is 4.10. The van der Waals surface area contributed by atoms with Gasteiger partial charge in [0.15, 0.2) is 0 Å². The van der Waals surface area contributed by atoms with Crippen molar-refractivity contribution in [1.82, 2.24) is 9.78 Å². The number of alkyl halides is 3. The Labute approximate surface area is 205 Å². The van der Waals surface area contributed by atoms with Crippen LogP contribution in [0.5, 0.6) is 5.88 Å². The molecule has 2 aromatic carbocycles. The van der Waals surface area contributed by atoms with Gasteiger partial charge in [-0.3, -0.25) is 4.68 Å². The maximum atomic E-state index is 14.4. The summed E-state index contributed by atoms with van der Waals surface area (Å²) in [4.78, 5) is 0. The highest BCUT2D eigenvalue weighted by atomic mass is 19.4. The minimum atomic E-state index is -4.79. The van der Waals surface area contributed by atoms with E-state index in [4.69, 9.17) is 9.47 Å². The predicted molar refractivity (Wildman–Crippen MR) is 121 cm³/mol. The first-order chi connectivity index (χ1) is 17.1. The molecule has 0 spiro atoms. The predicted octanol–water partition coefficient (Wildman–Crippen LogP) is 2.03. The molecule has 2 heterocycles. The first kappa shape index (κ1) is 26.1. The van der Waals surface area contributed by atoms with Crippen LogP contribution in [-0.4, -0.2) is 67.5 Å². The molecule has 1 fully saturated rings. The normalized spacial score (nSPS) is 24.6. The van der Waals surface area contributed by atoms with Crippen LogP contribution in [0.15, 0.2) is 54.6 Å². The molecule has 36 heavy (non-hydrogen) atoms. The number of nitrogens with zero attached hydrogens (tertiary/aromatic N) is 2. The third kappa shape index (κ3) is 5.55. The van der Waals surface area contributed by atoms with Crippen LogP contribution in [0.25, 0.3) is 0 Å². The Morgan fingerprint density at radius 1 is 0.944 bits per heavy atom. The van der Waals surface area contributed by atoms with Crippen molar-refractivity contribution < 1.29 is 43.1 Å². The molecule has 1 saturated heterocycles. The fourth-order valence-corrected chi connectivity index (χ4v) is 4.10. The summed E-state index contributed by atoms with van der Waals surface area (Å²) in [6.45, 7) is 0.947. The highest BCUT2D eigenvalue weighted by molar-refractivity contribution is 5.39. The van der Waals surface area contributed by atoms with Gasteiger partial charge in [-0.25, -0.2) is 0 Å². The molecule has 0 radical (unpaired) electrons. The number of aromatic nitrogens is 2. The molecule has 0 unspecified atom stereocenters. The summed E-state index contributed by atoms with van der Waals surface area (Å²) in [6.07, 6.45) is -13.1. The number of aryl methyl sites for hydroxylation is 1. The third-order valence-corrected chi connectivity index (χ3v) is 6.04. The molecule has 1 aromatic heterocycles. The van der Waals surface area contributed by atoms with E-state index in [1.165, 1.54) is 0 Å². The van der Waals surface area contributed by atoms with Crippen molar-refractivity contribution in [3.8, 4) is 5.88 Å². The second kappa shape index (κ2) is 10.6. The van der Waals surface area contributed by atoms with Crippen molar-refractivity contribution >= 4 is 0 Å². The van der Waals surface area contributed by atoms with E-state index in [9.17, 15) is 33.6 Å². The average molecular weight is 508 g/mol. The van der Waals surface area contributed by atoms with E-state index in [-0.39, 0.29) is 18.5 Å². The molecule has 4 N–H and O–H groups in total. The summed E-state index contributed by atoms with van der Waals surface area (Å²) in [7, 11) is 0. The van der Waals surface area contributed by atoms with Crippen LogP contribution in [0.2, 0.25) is 0 Å². The zero-order valence-corrected chi connectivity index (χ0v) is 19.3. The number of halogens is 3. The quantitative estimate of drug-likeness (QED) is 0.386. The fraction of sp³-hybridized carbons (Fsp3) is 0.400. The average Bonchev–Trinajstić information content (AvgIpc) is 3.18. The van der Waals surface area contributed by atoms with Gasteiger partial charge < -0.3 is 29.9 Å². The molecule has 4 rings (SSSR count). The highest BCUT2D eigenvalue weighted by Crippen LogP contribution is 2.39. The standard InChI is InChI=1S/C25H27F3N2O6/c1-14-7-9-15(10-8-14)11-17-22(25(26,27)28)30(12-16-5-3-2-4-6-16)29-23(17)36-24-21(34)20(33)19(32)18(13-31)35-24/h2-10,18-21,24,31-34H,11-13H2,1H3/t18-,19-,20+,21-,24+/m1/s1.